The van der Waals surface area contributed by atoms with E-state index in [1.165, 1.54) is 4.90 Å². The van der Waals surface area contributed by atoms with Gasteiger partial charge in [-0.15, -0.1) is 0 Å². The predicted molar refractivity (Wildman–Crippen MR) is 111 cm³/mol. The van der Waals surface area contributed by atoms with E-state index in [-0.39, 0.29) is 12.2 Å². The van der Waals surface area contributed by atoms with Crippen LogP contribution in [0.1, 0.15) is 26.3 Å². The van der Waals surface area contributed by atoms with Crippen molar-refractivity contribution in [1.29, 1.82) is 0 Å². The first kappa shape index (κ1) is 23.5. The molecule has 8 nitrogen and oxygen atoms in total. The number of carbonyl (C=O) groups is 2. The smallest absolute Gasteiger partial charge is 0.384 e. The molecule has 2 aromatic rings. The van der Waals surface area contributed by atoms with Gasteiger partial charge < -0.3 is 10.2 Å². The van der Waals surface area contributed by atoms with Crippen LogP contribution < -0.4 is 10.2 Å². The number of anilines is 2. The van der Waals surface area contributed by atoms with Crippen LogP contribution in [0, 0.1) is 0 Å². The molecule has 0 bridgehead atoms. The number of amides is 3. The minimum Gasteiger partial charge on any atom is -0.384 e. The molecule has 0 aliphatic carbocycles. The van der Waals surface area contributed by atoms with Crippen molar-refractivity contribution < 1.29 is 31.2 Å². The van der Waals surface area contributed by atoms with Gasteiger partial charge in [-0.25, -0.2) is 18.1 Å². The van der Waals surface area contributed by atoms with E-state index in [1.807, 2.05) is 6.92 Å². The van der Waals surface area contributed by atoms with Gasteiger partial charge in [-0.2, -0.15) is 13.2 Å². The van der Waals surface area contributed by atoms with Gasteiger partial charge in [0.1, 0.15) is 5.54 Å². The Labute approximate surface area is 183 Å². The molecule has 0 radical (unpaired) electrons. The van der Waals surface area contributed by atoms with Gasteiger partial charge in [-0.05, 0) is 56.7 Å². The molecule has 1 fully saturated rings. The number of nitrogens with one attached hydrogen (secondary N) is 1. The summed E-state index contributed by atoms with van der Waals surface area (Å²) in [5, 5.41) is 3.13. The van der Waals surface area contributed by atoms with Gasteiger partial charge in [-0.3, -0.25) is 9.78 Å². The number of imide groups is 1. The summed E-state index contributed by atoms with van der Waals surface area (Å²) < 4.78 is 61.4. The summed E-state index contributed by atoms with van der Waals surface area (Å²) in [4.78, 5) is 31.4. The highest BCUT2D eigenvalue weighted by molar-refractivity contribution is 7.92. The maximum absolute atomic E-state index is 13.1. The maximum Gasteiger partial charge on any atom is 0.501 e. The lowest BCUT2D eigenvalue weighted by molar-refractivity contribution is -0.123. The number of hydrogen-bond donors (Lipinski definition) is 1. The van der Waals surface area contributed by atoms with Crippen LogP contribution in [0.2, 0.25) is 0 Å². The molecular weight excluding hydrogens is 449 g/mol. The largest absolute Gasteiger partial charge is 0.501 e. The maximum atomic E-state index is 13.1. The van der Waals surface area contributed by atoms with E-state index in [0.717, 1.165) is 34.7 Å². The van der Waals surface area contributed by atoms with Gasteiger partial charge in [0.15, 0.2) is 0 Å². The number of benzene rings is 1. The normalized spacial score (nSPS) is 16.6. The second-order valence-electron chi connectivity index (χ2n) is 7.57. The summed E-state index contributed by atoms with van der Waals surface area (Å²) in [6.45, 7) is 5.72. The van der Waals surface area contributed by atoms with E-state index in [1.54, 1.807) is 32.3 Å². The molecule has 3 rings (SSSR count). The van der Waals surface area contributed by atoms with E-state index < -0.39 is 37.7 Å². The molecule has 1 N–H and O–H groups in total. The minimum absolute atomic E-state index is 0.0293. The molecule has 0 spiro atoms. The first-order valence-corrected chi connectivity index (χ1v) is 11.0. The number of nitrogens with zero attached hydrogens (tertiary/aromatic N) is 3. The molecule has 1 aromatic carbocycles. The van der Waals surface area contributed by atoms with E-state index in [2.05, 4.69) is 10.3 Å². The highest BCUT2D eigenvalue weighted by Crippen LogP contribution is 2.36. The van der Waals surface area contributed by atoms with Gasteiger partial charge in [0.05, 0.1) is 29.0 Å². The fourth-order valence-electron chi connectivity index (χ4n) is 3.32. The second kappa shape index (κ2) is 8.08. The molecular formula is C20H21F3N4O4S. The Hall–Kier alpha value is -3.15. The van der Waals surface area contributed by atoms with Crippen LogP contribution in [0.25, 0.3) is 0 Å². The SMILES string of the molecule is CCNc1cnccc1CN1C(=O)N(c2ccc(S(=O)(=O)C(F)(F)F)cc2)C(=O)C1(C)C. The van der Waals surface area contributed by atoms with Crippen LogP contribution in [0.4, 0.5) is 29.3 Å². The zero-order valence-electron chi connectivity index (χ0n) is 17.5. The molecule has 3 amide bonds. The Morgan fingerprint density at radius 2 is 1.72 bits per heavy atom. The first-order valence-electron chi connectivity index (χ1n) is 9.56. The van der Waals surface area contributed by atoms with E-state index in [0.29, 0.717) is 12.2 Å². The van der Waals surface area contributed by atoms with Crippen molar-refractivity contribution in [2.75, 3.05) is 16.8 Å². The summed E-state index contributed by atoms with van der Waals surface area (Å²) in [5.74, 6) is -0.590. The zero-order valence-corrected chi connectivity index (χ0v) is 18.3. The van der Waals surface area contributed by atoms with Crippen LogP contribution in [0.15, 0.2) is 47.6 Å². The van der Waals surface area contributed by atoms with Gasteiger partial charge in [0, 0.05) is 12.7 Å². The number of pyridine rings is 1. The number of sulfone groups is 1. The first-order chi connectivity index (χ1) is 14.8. The molecule has 1 aromatic heterocycles. The number of halogens is 3. The van der Waals surface area contributed by atoms with E-state index in [4.69, 9.17) is 0 Å². The Bertz CT molecular complexity index is 1150. The van der Waals surface area contributed by atoms with Gasteiger partial charge >= 0.3 is 11.5 Å². The third-order valence-electron chi connectivity index (χ3n) is 5.14. The molecule has 32 heavy (non-hydrogen) atoms. The third-order valence-corrected chi connectivity index (χ3v) is 6.64. The lowest BCUT2D eigenvalue weighted by Gasteiger charge is -2.28. The number of urea groups is 1. The average molecular weight is 470 g/mol. The molecule has 1 aliphatic rings. The zero-order chi connectivity index (χ0) is 23.9. The van der Waals surface area contributed by atoms with Crippen molar-refractivity contribution in [3.05, 3.63) is 48.3 Å². The Balaban J connectivity index is 1.94. The van der Waals surface area contributed by atoms with Crippen LogP contribution in [-0.2, 0) is 21.2 Å². The second-order valence-corrected chi connectivity index (χ2v) is 9.52. The van der Waals surface area contributed by atoms with Crippen molar-refractivity contribution >= 4 is 33.2 Å². The summed E-state index contributed by atoms with van der Waals surface area (Å²) in [6, 6.07) is 4.49. The average Bonchev–Trinajstić information content (AvgIpc) is 2.88. The number of rotatable bonds is 6. The molecule has 0 atom stereocenters. The Kier molecular flexibility index (Phi) is 5.94. The van der Waals surface area contributed by atoms with Crippen molar-refractivity contribution in [2.45, 2.75) is 43.3 Å². The van der Waals surface area contributed by atoms with Crippen LogP contribution in [0.3, 0.4) is 0 Å². The lowest BCUT2D eigenvalue weighted by Crippen LogP contribution is -2.43. The number of alkyl halides is 3. The Morgan fingerprint density at radius 3 is 2.28 bits per heavy atom. The quantitative estimate of drug-likeness (QED) is 0.649. The Morgan fingerprint density at radius 1 is 1.09 bits per heavy atom. The molecule has 1 aliphatic heterocycles. The molecule has 1 saturated heterocycles. The summed E-state index contributed by atoms with van der Waals surface area (Å²) in [6.07, 6.45) is 3.16. The fraction of sp³-hybridized carbons (Fsp3) is 0.350. The number of carbonyl (C=O) groups excluding carboxylic acids is 2. The third kappa shape index (κ3) is 3.90. The summed E-state index contributed by atoms with van der Waals surface area (Å²) >= 11 is 0. The molecule has 172 valence electrons. The van der Waals surface area contributed by atoms with Crippen LogP contribution in [-0.4, -0.2) is 47.8 Å². The fourth-order valence-corrected chi connectivity index (χ4v) is 4.08. The number of hydrogen-bond acceptors (Lipinski definition) is 6. The molecule has 2 heterocycles. The van der Waals surface area contributed by atoms with Crippen molar-refractivity contribution in [3.63, 3.8) is 0 Å². The van der Waals surface area contributed by atoms with Crippen molar-refractivity contribution in [1.82, 2.24) is 9.88 Å². The monoisotopic (exact) mass is 470 g/mol. The molecule has 12 heteroatoms. The molecule has 0 saturated carbocycles. The van der Waals surface area contributed by atoms with Crippen LogP contribution >= 0.6 is 0 Å². The summed E-state index contributed by atoms with van der Waals surface area (Å²) in [5.41, 5.74) is -5.31. The standard InChI is InChI=1S/C20H21F3N4O4S/c1-4-25-16-11-24-10-9-13(16)12-26-18(29)27(17(28)19(26,2)3)14-5-7-15(8-6-14)32(30,31)20(21,22)23/h5-11,25H,4,12H2,1-3H3. The van der Waals surface area contributed by atoms with E-state index in [9.17, 15) is 31.2 Å². The van der Waals surface area contributed by atoms with Crippen molar-refractivity contribution in [3.8, 4) is 0 Å². The minimum atomic E-state index is -5.54. The van der Waals surface area contributed by atoms with E-state index >= 15 is 0 Å². The predicted octanol–water partition coefficient (Wildman–Crippen LogP) is 3.55. The van der Waals surface area contributed by atoms with Crippen molar-refractivity contribution in [2.24, 2.45) is 0 Å². The number of aromatic nitrogens is 1. The highest BCUT2D eigenvalue weighted by atomic mass is 32.2. The lowest BCUT2D eigenvalue weighted by atomic mass is 10.0. The van der Waals surface area contributed by atoms with Gasteiger partial charge in [-0.1, -0.05) is 0 Å². The van der Waals surface area contributed by atoms with Gasteiger partial charge in [0.25, 0.3) is 15.7 Å². The summed E-state index contributed by atoms with van der Waals surface area (Å²) in [7, 11) is -5.54. The topological polar surface area (TPSA) is 99.7 Å². The highest BCUT2D eigenvalue weighted by Gasteiger charge is 2.52. The van der Waals surface area contributed by atoms with Gasteiger partial charge in [0.2, 0.25) is 0 Å². The molecule has 0 unspecified atom stereocenters. The van der Waals surface area contributed by atoms with Crippen LogP contribution in [0.5, 0.6) is 0 Å².